The molecule has 2 fully saturated rings. The zero-order valence-electron chi connectivity index (χ0n) is 11.3. The summed E-state index contributed by atoms with van der Waals surface area (Å²) >= 11 is 0. The number of hydrogen-bond acceptors (Lipinski definition) is 3. The predicted molar refractivity (Wildman–Crippen MR) is 72.4 cm³/mol. The van der Waals surface area contributed by atoms with Crippen molar-refractivity contribution in [3.05, 3.63) is 35.1 Å². The first-order valence-corrected chi connectivity index (χ1v) is 7.04. The second kappa shape index (κ2) is 5.19. The van der Waals surface area contributed by atoms with Gasteiger partial charge in [-0.2, -0.15) is 0 Å². The molecule has 2 atom stereocenters. The van der Waals surface area contributed by atoms with Crippen LogP contribution in [0.3, 0.4) is 0 Å². The fourth-order valence-electron chi connectivity index (χ4n) is 3.02. The summed E-state index contributed by atoms with van der Waals surface area (Å²) in [6.45, 7) is 4.00. The van der Waals surface area contributed by atoms with Gasteiger partial charge in [0.05, 0.1) is 18.8 Å². The third kappa shape index (κ3) is 2.53. The summed E-state index contributed by atoms with van der Waals surface area (Å²) in [6.07, 6.45) is 2.53. The predicted octanol–water partition coefficient (Wildman–Crippen LogP) is 2.00. The summed E-state index contributed by atoms with van der Waals surface area (Å²) in [4.78, 5) is 2.49. The second-order valence-corrected chi connectivity index (χ2v) is 5.57. The summed E-state index contributed by atoms with van der Waals surface area (Å²) in [5.74, 6) is -0.150. The Morgan fingerprint density at radius 2 is 2.21 bits per heavy atom. The van der Waals surface area contributed by atoms with E-state index >= 15 is 0 Å². The van der Waals surface area contributed by atoms with E-state index in [1.54, 1.807) is 13.0 Å². The maximum absolute atomic E-state index is 13.4. The molecule has 3 rings (SSSR count). The Morgan fingerprint density at radius 3 is 2.84 bits per heavy atom. The summed E-state index contributed by atoms with van der Waals surface area (Å²) in [6, 6.07) is 6.20. The van der Waals surface area contributed by atoms with Gasteiger partial charge in [0.2, 0.25) is 0 Å². The zero-order valence-corrected chi connectivity index (χ0v) is 11.3. The molecule has 1 aliphatic carbocycles. The van der Waals surface area contributed by atoms with Gasteiger partial charge < -0.3 is 10.5 Å². The van der Waals surface area contributed by atoms with Crippen LogP contribution < -0.4 is 5.73 Å². The Balaban J connectivity index is 1.93. The zero-order chi connectivity index (χ0) is 13.4. The number of ether oxygens (including phenoxy) is 1. The van der Waals surface area contributed by atoms with Crippen LogP contribution in [0, 0.1) is 12.7 Å². The van der Waals surface area contributed by atoms with E-state index in [9.17, 15) is 4.39 Å². The number of hydrogen-bond donors (Lipinski definition) is 1. The number of rotatable bonds is 3. The molecule has 4 heteroatoms. The van der Waals surface area contributed by atoms with Crippen molar-refractivity contribution in [2.45, 2.75) is 38.0 Å². The maximum Gasteiger partial charge on any atom is 0.126 e. The Hall–Kier alpha value is -0.970. The summed E-state index contributed by atoms with van der Waals surface area (Å²) in [5, 5.41) is 0. The van der Waals surface area contributed by atoms with Crippen molar-refractivity contribution in [2.75, 3.05) is 19.7 Å². The van der Waals surface area contributed by atoms with Gasteiger partial charge in [-0.3, -0.25) is 4.90 Å². The van der Waals surface area contributed by atoms with Gasteiger partial charge in [0.1, 0.15) is 5.82 Å². The fourth-order valence-corrected chi connectivity index (χ4v) is 3.02. The van der Waals surface area contributed by atoms with Crippen molar-refractivity contribution < 1.29 is 9.13 Å². The van der Waals surface area contributed by atoms with Gasteiger partial charge in [0, 0.05) is 19.1 Å². The van der Waals surface area contributed by atoms with E-state index < -0.39 is 0 Å². The number of morpholine rings is 1. The highest BCUT2D eigenvalue weighted by molar-refractivity contribution is 5.28. The van der Waals surface area contributed by atoms with Crippen LogP contribution in [-0.4, -0.2) is 36.7 Å². The first-order valence-electron chi connectivity index (χ1n) is 7.04. The molecule has 1 heterocycles. The molecule has 3 nitrogen and oxygen atoms in total. The normalized spacial score (nSPS) is 28.6. The van der Waals surface area contributed by atoms with Gasteiger partial charge in [-0.25, -0.2) is 4.39 Å². The van der Waals surface area contributed by atoms with Crippen molar-refractivity contribution in [3.8, 4) is 0 Å². The van der Waals surface area contributed by atoms with E-state index in [4.69, 9.17) is 10.5 Å². The molecule has 0 amide bonds. The highest BCUT2D eigenvalue weighted by Crippen LogP contribution is 2.38. The van der Waals surface area contributed by atoms with Crippen LogP contribution in [0.15, 0.2) is 18.2 Å². The maximum atomic E-state index is 13.4. The molecule has 2 aliphatic rings. The SMILES string of the molecule is Cc1cc(C2C(CN)OCCN2C2CC2)ccc1F. The molecular formula is C15H21FN2O. The molecule has 2 N–H and O–H groups in total. The Morgan fingerprint density at radius 1 is 1.42 bits per heavy atom. The summed E-state index contributed by atoms with van der Waals surface area (Å²) < 4.78 is 19.3. The van der Waals surface area contributed by atoms with Crippen molar-refractivity contribution in [1.29, 1.82) is 0 Å². The van der Waals surface area contributed by atoms with Crippen molar-refractivity contribution in [2.24, 2.45) is 5.73 Å². The Bertz CT molecular complexity index is 461. The molecule has 19 heavy (non-hydrogen) atoms. The first-order chi connectivity index (χ1) is 9.20. The topological polar surface area (TPSA) is 38.5 Å². The highest BCUT2D eigenvalue weighted by atomic mass is 19.1. The lowest BCUT2D eigenvalue weighted by Gasteiger charge is -2.41. The van der Waals surface area contributed by atoms with E-state index in [0.717, 1.165) is 18.7 Å². The lowest BCUT2D eigenvalue weighted by Crippen LogP contribution is -2.49. The molecule has 0 bridgehead atoms. The molecule has 1 aromatic rings. The van der Waals surface area contributed by atoms with Gasteiger partial charge in [0.15, 0.2) is 0 Å². The number of nitrogens with zero attached hydrogens (tertiary/aromatic N) is 1. The second-order valence-electron chi connectivity index (χ2n) is 5.57. The molecule has 1 aliphatic heterocycles. The van der Waals surface area contributed by atoms with E-state index in [2.05, 4.69) is 4.90 Å². The van der Waals surface area contributed by atoms with Crippen molar-refractivity contribution in [3.63, 3.8) is 0 Å². The molecule has 0 aromatic heterocycles. The van der Waals surface area contributed by atoms with Crippen LogP contribution in [0.2, 0.25) is 0 Å². The minimum Gasteiger partial charge on any atom is -0.374 e. The molecule has 0 radical (unpaired) electrons. The number of benzene rings is 1. The van der Waals surface area contributed by atoms with Gasteiger partial charge in [0.25, 0.3) is 0 Å². The Labute approximate surface area is 113 Å². The van der Waals surface area contributed by atoms with E-state index in [0.29, 0.717) is 18.2 Å². The number of halogens is 1. The summed E-state index contributed by atoms with van der Waals surface area (Å²) in [7, 11) is 0. The van der Waals surface area contributed by atoms with E-state index in [-0.39, 0.29) is 18.0 Å². The quantitative estimate of drug-likeness (QED) is 0.907. The average Bonchev–Trinajstić information content (AvgIpc) is 3.25. The molecule has 104 valence electrons. The standard InChI is InChI=1S/C15H21FN2O/c1-10-8-11(2-5-13(10)16)15-14(9-17)19-7-6-18(15)12-3-4-12/h2,5,8,12,14-15H,3-4,6-7,9,17H2,1H3. The lowest BCUT2D eigenvalue weighted by molar-refractivity contribution is -0.0712. The molecular weight excluding hydrogens is 243 g/mol. The van der Waals surface area contributed by atoms with Gasteiger partial charge >= 0.3 is 0 Å². The monoisotopic (exact) mass is 264 g/mol. The van der Waals surface area contributed by atoms with Crippen LogP contribution in [0.25, 0.3) is 0 Å². The smallest absolute Gasteiger partial charge is 0.126 e. The van der Waals surface area contributed by atoms with Crippen LogP contribution in [-0.2, 0) is 4.74 Å². The van der Waals surface area contributed by atoms with Gasteiger partial charge in [-0.1, -0.05) is 12.1 Å². The van der Waals surface area contributed by atoms with Crippen LogP contribution in [0.1, 0.15) is 30.0 Å². The minimum atomic E-state index is -0.150. The van der Waals surface area contributed by atoms with Gasteiger partial charge in [-0.15, -0.1) is 0 Å². The Kier molecular flexibility index (Phi) is 3.56. The van der Waals surface area contributed by atoms with E-state index in [1.807, 2.05) is 12.1 Å². The third-order valence-corrected chi connectivity index (χ3v) is 4.16. The van der Waals surface area contributed by atoms with Crippen LogP contribution in [0.5, 0.6) is 0 Å². The van der Waals surface area contributed by atoms with E-state index in [1.165, 1.54) is 12.8 Å². The van der Waals surface area contributed by atoms with Gasteiger partial charge in [-0.05, 0) is 37.0 Å². The molecule has 0 spiro atoms. The number of aryl methyl sites for hydroxylation is 1. The molecule has 1 aromatic carbocycles. The van der Waals surface area contributed by atoms with Crippen LogP contribution >= 0.6 is 0 Å². The average molecular weight is 264 g/mol. The number of nitrogens with two attached hydrogens (primary N) is 1. The molecule has 1 saturated carbocycles. The molecule has 2 unspecified atom stereocenters. The van der Waals surface area contributed by atoms with Crippen LogP contribution in [0.4, 0.5) is 4.39 Å². The first kappa shape index (κ1) is 13.0. The lowest BCUT2D eigenvalue weighted by atomic mass is 9.96. The van der Waals surface area contributed by atoms with Crippen molar-refractivity contribution in [1.82, 2.24) is 4.90 Å². The summed E-state index contributed by atoms with van der Waals surface area (Å²) in [5.41, 5.74) is 7.67. The minimum absolute atomic E-state index is 0.0132. The molecule has 1 saturated heterocycles. The fraction of sp³-hybridized carbons (Fsp3) is 0.600. The van der Waals surface area contributed by atoms with Crippen molar-refractivity contribution >= 4 is 0 Å². The highest BCUT2D eigenvalue weighted by Gasteiger charge is 2.40. The third-order valence-electron chi connectivity index (χ3n) is 4.16. The largest absolute Gasteiger partial charge is 0.374 e.